The zero-order valence-electron chi connectivity index (χ0n) is 19.8. The molecule has 1 aliphatic rings. The maximum Gasteiger partial charge on any atom is 0.417 e. The molecule has 33 heavy (non-hydrogen) atoms. The summed E-state index contributed by atoms with van der Waals surface area (Å²) in [5, 5.41) is 0.0114. The van der Waals surface area contributed by atoms with Crippen molar-refractivity contribution in [2.75, 3.05) is 18.1 Å². The number of rotatable bonds is 8. The summed E-state index contributed by atoms with van der Waals surface area (Å²) < 4.78 is 25.5. The fourth-order valence-corrected chi connectivity index (χ4v) is 5.57. The summed E-state index contributed by atoms with van der Waals surface area (Å²) in [6.07, 6.45) is -1.32. The molecular formula is C25H32FNO4SSi. The second kappa shape index (κ2) is 10.4. The Morgan fingerprint density at radius 1 is 1.18 bits per heavy atom. The standard InChI is InChI=1S/C25H32FNO4SSi/c1-25(2,3)33(4,5)31-22(19-11-13-20(26)14-12-19)16-32-17-23(28)27-15-21(30-24(27)29)18-9-7-6-8-10-18/h6-14,21-22H,15-17H2,1-5H3/t21-,22+/m1/s1. The van der Waals surface area contributed by atoms with E-state index in [0.29, 0.717) is 5.75 Å². The highest BCUT2D eigenvalue weighted by Crippen LogP contribution is 2.40. The zero-order chi connectivity index (χ0) is 24.2. The van der Waals surface area contributed by atoms with E-state index in [2.05, 4.69) is 33.9 Å². The summed E-state index contributed by atoms with van der Waals surface area (Å²) in [6, 6.07) is 15.7. The van der Waals surface area contributed by atoms with Gasteiger partial charge >= 0.3 is 6.09 Å². The van der Waals surface area contributed by atoms with Gasteiger partial charge in [0.15, 0.2) is 8.32 Å². The van der Waals surface area contributed by atoms with Gasteiger partial charge < -0.3 is 9.16 Å². The molecule has 2 aromatic rings. The van der Waals surface area contributed by atoms with E-state index in [1.807, 2.05) is 30.3 Å². The second-order valence-electron chi connectivity index (χ2n) is 9.72. The van der Waals surface area contributed by atoms with Crippen LogP contribution in [0.15, 0.2) is 54.6 Å². The van der Waals surface area contributed by atoms with Gasteiger partial charge in [0.25, 0.3) is 0 Å². The van der Waals surface area contributed by atoms with E-state index in [1.54, 1.807) is 12.1 Å². The van der Waals surface area contributed by atoms with Crippen molar-refractivity contribution in [1.29, 1.82) is 0 Å². The molecule has 1 fully saturated rings. The van der Waals surface area contributed by atoms with Crippen molar-refractivity contribution in [3.63, 3.8) is 0 Å². The van der Waals surface area contributed by atoms with Gasteiger partial charge in [-0.2, -0.15) is 0 Å². The van der Waals surface area contributed by atoms with Crippen LogP contribution in [0.25, 0.3) is 0 Å². The minimum atomic E-state index is -2.10. The lowest BCUT2D eigenvalue weighted by atomic mass is 10.1. The number of nitrogens with zero attached hydrogens (tertiary/aromatic N) is 1. The van der Waals surface area contributed by atoms with E-state index >= 15 is 0 Å². The van der Waals surface area contributed by atoms with Crippen LogP contribution in [0, 0.1) is 5.82 Å². The summed E-state index contributed by atoms with van der Waals surface area (Å²) in [5.41, 5.74) is 1.75. The fourth-order valence-electron chi connectivity index (χ4n) is 3.25. The zero-order valence-corrected chi connectivity index (χ0v) is 21.7. The van der Waals surface area contributed by atoms with E-state index in [0.717, 1.165) is 11.1 Å². The fraction of sp³-hybridized carbons (Fsp3) is 0.440. The first kappa shape index (κ1) is 25.5. The molecule has 1 heterocycles. The highest BCUT2D eigenvalue weighted by atomic mass is 32.2. The lowest BCUT2D eigenvalue weighted by Crippen LogP contribution is -2.42. The van der Waals surface area contributed by atoms with Crippen molar-refractivity contribution in [3.05, 3.63) is 71.5 Å². The van der Waals surface area contributed by atoms with Crippen LogP contribution >= 0.6 is 11.8 Å². The first-order valence-electron chi connectivity index (χ1n) is 11.0. The van der Waals surface area contributed by atoms with Gasteiger partial charge in [0.2, 0.25) is 5.91 Å². The van der Waals surface area contributed by atoms with Gasteiger partial charge in [-0.1, -0.05) is 63.2 Å². The molecule has 2 atom stereocenters. The van der Waals surface area contributed by atoms with Crippen LogP contribution in [0.5, 0.6) is 0 Å². The molecule has 178 valence electrons. The molecule has 0 spiro atoms. The average Bonchev–Trinajstić information content (AvgIpc) is 3.15. The summed E-state index contributed by atoms with van der Waals surface area (Å²) in [5.74, 6) is 0.0751. The number of carbonyl (C=O) groups excluding carboxylic acids is 2. The van der Waals surface area contributed by atoms with E-state index in [-0.39, 0.29) is 35.2 Å². The first-order chi connectivity index (χ1) is 15.5. The normalized spacial score (nSPS) is 17.7. The Bertz CT molecular complexity index is 963. The SMILES string of the molecule is CC(C)(C)[Si](C)(C)O[C@@H](CSCC(=O)N1C[C@H](c2ccccc2)OC1=O)c1ccc(F)cc1. The van der Waals surface area contributed by atoms with Crippen molar-refractivity contribution >= 4 is 32.1 Å². The summed E-state index contributed by atoms with van der Waals surface area (Å²) in [6.45, 7) is 11.1. The van der Waals surface area contributed by atoms with Crippen LogP contribution in [0.2, 0.25) is 18.1 Å². The van der Waals surface area contributed by atoms with E-state index in [4.69, 9.17) is 9.16 Å². The summed E-state index contributed by atoms with van der Waals surface area (Å²) >= 11 is 1.41. The summed E-state index contributed by atoms with van der Waals surface area (Å²) in [4.78, 5) is 26.2. The van der Waals surface area contributed by atoms with Crippen LogP contribution in [0.4, 0.5) is 9.18 Å². The molecule has 0 N–H and O–H groups in total. The lowest BCUT2D eigenvalue weighted by Gasteiger charge is -2.39. The Morgan fingerprint density at radius 2 is 1.82 bits per heavy atom. The van der Waals surface area contributed by atoms with Gasteiger partial charge in [-0.05, 0) is 41.4 Å². The Labute approximate surface area is 200 Å². The van der Waals surface area contributed by atoms with Crippen molar-refractivity contribution in [1.82, 2.24) is 4.90 Å². The molecule has 1 aliphatic heterocycles. The molecule has 0 aliphatic carbocycles. The predicted molar refractivity (Wildman–Crippen MR) is 132 cm³/mol. The second-order valence-corrected chi connectivity index (χ2v) is 15.5. The number of amides is 2. The Balaban J connectivity index is 1.62. The molecular weight excluding hydrogens is 457 g/mol. The monoisotopic (exact) mass is 489 g/mol. The van der Waals surface area contributed by atoms with Gasteiger partial charge in [0.05, 0.1) is 18.4 Å². The number of halogens is 1. The quantitative estimate of drug-likeness (QED) is 0.405. The smallest absolute Gasteiger partial charge is 0.417 e. The molecule has 0 unspecified atom stereocenters. The molecule has 8 heteroatoms. The number of ether oxygens (including phenoxy) is 1. The van der Waals surface area contributed by atoms with Gasteiger partial charge in [-0.15, -0.1) is 11.8 Å². The molecule has 1 saturated heterocycles. The van der Waals surface area contributed by atoms with Crippen LogP contribution in [-0.4, -0.2) is 43.3 Å². The largest absolute Gasteiger partial charge is 0.439 e. The number of benzene rings is 2. The van der Waals surface area contributed by atoms with E-state index in [9.17, 15) is 14.0 Å². The molecule has 5 nitrogen and oxygen atoms in total. The van der Waals surface area contributed by atoms with Crippen LogP contribution < -0.4 is 0 Å². The molecule has 0 radical (unpaired) electrons. The van der Waals surface area contributed by atoms with Crippen LogP contribution in [0.1, 0.15) is 44.1 Å². The third-order valence-electron chi connectivity index (χ3n) is 6.26. The average molecular weight is 490 g/mol. The molecule has 0 aromatic heterocycles. The molecule has 2 aromatic carbocycles. The molecule has 0 saturated carbocycles. The van der Waals surface area contributed by atoms with Crippen molar-refractivity contribution in [3.8, 4) is 0 Å². The van der Waals surface area contributed by atoms with Crippen molar-refractivity contribution in [2.45, 2.75) is 51.1 Å². The third-order valence-corrected chi connectivity index (χ3v) is 11.7. The Morgan fingerprint density at radius 3 is 2.42 bits per heavy atom. The Kier molecular flexibility index (Phi) is 8.03. The Hall–Kier alpha value is -2.16. The number of carbonyl (C=O) groups is 2. The minimum Gasteiger partial charge on any atom is -0.439 e. The van der Waals surface area contributed by atoms with Gasteiger partial charge in [-0.25, -0.2) is 14.1 Å². The number of hydrogen-bond acceptors (Lipinski definition) is 5. The molecule has 2 amide bonds. The van der Waals surface area contributed by atoms with Gasteiger partial charge in [0.1, 0.15) is 11.9 Å². The van der Waals surface area contributed by atoms with E-state index in [1.165, 1.54) is 28.8 Å². The molecule has 0 bridgehead atoms. The third kappa shape index (κ3) is 6.46. The van der Waals surface area contributed by atoms with Crippen molar-refractivity contribution in [2.24, 2.45) is 0 Å². The van der Waals surface area contributed by atoms with E-state index < -0.39 is 20.5 Å². The maximum absolute atomic E-state index is 13.5. The predicted octanol–water partition coefficient (Wildman–Crippen LogP) is 6.34. The highest BCUT2D eigenvalue weighted by Gasteiger charge is 2.40. The lowest BCUT2D eigenvalue weighted by molar-refractivity contribution is -0.125. The topological polar surface area (TPSA) is 55.8 Å². The van der Waals surface area contributed by atoms with Crippen LogP contribution in [0.3, 0.4) is 0 Å². The van der Waals surface area contributed by atoms with Crippen molar-refractivity contribution < 1.29 is 23.1 Å². The highest BCUT2D eigenvalue weighted by molar-refractivity contribution is 7.99. The number of thioether (sulfide) groups is 1. The van der Waals surface area contributed by atoms with Gasteiger partial charge in [0, 0.05) is 5.75 Å². The maximum atomic E-state index is 13.5. The number of imide groups is 1. The summed E-state index contributed by atoms with van der Waals surface area (Å²) in [7, 11) is -2.10. The molecule has 3 rings (SSSR count). The number of cyclic esters (lactones) is 1. The number of hydrogen-bond donors (Lipinski definition) is 0. The van der Waals surface area contributed by atoms with Crippen LogP contribution in [-0.2, 0) is 14.0 Å². The minimum absolute atomic E-state index is 0.0114. The van der Waals surface area contributed by atoms with Gasteiger partial charge in [-0.3, -0.25) is 4.79 Å². The first-order valence-corrected chi connectivity index (χ1v) is 15.1.